The topological polar surface area (TPSA) is 0 Å². The van der Waals surface area contributed by atoms with Crippen LogP contribution in [0.5, 0.6) is 0 Å². The molecule has 2 heteroatoms. The predicted molar refractivity (Wildman–Crippen MR) is 91.0 cm³/mol. The molecule has 3 rings (SSSR count). The lowest BCUT2D eigenvalue weighted by molar-refractivity contribution is 0.490. The van der Waals surface area contributed by atoms with Crippen LogP contribution in [-0.2, 0) is 5.41 Å². The van der Waals surface area contributed by atoms with Gasteiger partial charge in [0.2, 0.25) is 0 Å². The number of fused-ring (bicyclic) bond motifs is 3. The molecule has 0 amide bonds. The van der Waals surface area contributed by atoms with Gasteiger partial charge in [0.25, 0.3) is 0 Å². The van der Waals surface area contributed by atoms with Crippen molar-refractivity contribution in [2.45, 2.75) is 32.1 Å². The Hall–Kier alpha value is -0.540. The smallest absolute Gasteiger partial charge is 0.0412 e. The SMILES string of the molecule is CCC1(CC)c2ccc(Cl)cc2-c2cc(I)ccc21. The van der Waals surface area contributed by atoms with Gasteiger partial charge in [-0.2, -0.15) is 0 Å². The van der Waals surface area contributed by atoms with Crippen molar-refractivity contribution in [3.8, 4) is 11.1 Å². The van der Waals surface area contributed by atoms with Crippen LogP contribution >= 0.6 is 34.2 Å². The highest BCUT2D eigenvalue weighted by Gasteiger charge is 2.40. The second-order valence-electron chi connectivity index (χ2n) is 5.17. The van der Waals surface area contributed by atoms with Gasteiger partial charge < -0.3 is 0 Å². The van der Waals surface area contributed by atoms with Gasteiger partial charge in [0, 0.05) is 14.0 Å². The van der Waals surface area contributed by atoms with Crippen molar-refractivity contribution < 1.29 is 0 Å². The summed E-state index contributed by atoms with van der Waals surface area (Å²) in [6, 6.07) is 13.2. The highest BCUT2D eigenvalue weighted by Crippen LogP contribution is 2.53. The highest BCUT2D eigenvalue weighted by molar-refractivity contribution is 14.1. The summed E-state index contributed by atoms with van der Waals surface area (Å²) in [5.41, 5.74) is 5.77. The minimum absolute atomic E-state index is 0.166. The Morgan fingerprint density at radius 1 is 0.947 bits per heavy atom. The molecule has 0 aliphatic heterocycles. The van der Waals surface area contributed by atoms with Crippen molar-refractivity contribution in [2.24, 2.45) is 0 Å². The van der Waals surface area contributed by atoms with Crippen molar-refractivity contribution in [2.75, 3.05) is 0 Å². The van der Waals surface area contributed by atoms with E-state index in [9.17, 15) is 0 Å². The van der Waals surface area contributed by atoms with E-state index in [1.807, 2.05) is 6.07 Å². The van der Waals surface area contributed by atoms with Crippen LogP contribution in [0.4, 0.5) is 0 Å². The van der Waals surface area contributed by atoms with Crippen LogP contribution in [-0.4, -0.2) is 0 Å². The maximum absolute atomic E-state index is 6.21. The van der Waals surface area contributed by atoms with Crippen molar-refractivity contribution in [1.82, 2.24) is 0 Å². The molecule has 0 N–H and O–H groups in total. The molecule has 0 saturated heterocycles. The van der Waals surface area contributed by atoms with Crippen LogP contribution in [0.2, 0.25) is 5.02 Å². The zero-order valence-electron chi connectivity index (χ0n) is 11.1. The second kappa shape index (κ2) is 4.78. The second-order valence-corrected chi connectivity index (χ2v) is 6.85. The zero-order valence-corrected chi connectivity index (χ0v) is 14.0. The standard InChI is InChI=1S/C17H16ClI/c1-3-17(4-2)15-7-5-11(18)9-13(15)14-10-12(19)6-8-16(14)17/h5-10H,3-4H2,1-2H3. The lowest BCUT2D eigenvalue weighted by Crippen LogP contribution is -2.22. The summed E-state index contributed by atoms with van der Waals surface area (Å²) in [7, 11) is 0. The Balaban J connectivity index is 2.39. The van der Waals surface area contributed by atoms with Gasteiger partial charge in [-0.25, -0.2) is 0 Å². The lowest BCUT2D eigenvalue weighted by atomic mass is 9.74. The molecular weight excluding hydrogens is 367 g/mol. The minimum atomic E-state index is 0.166. The number of halogens is 2. The van der Waals surface area contributed by atoms with E-state index >= 15 is 0 Å². The average molecular weight is 383 g/mol. The van der Waals surface area contributed by atoms with Gasteiger partial charge in [-0.15, -0.1) is 0 Å². The van der Waals surface area contributed by atoms with Crippen LogP contribution in [0.3, 0.4) is 0 Å². The quantitative estimate of drug-likeness (QED) is 0.556. The molecule has 0 heterocycles. The fourth-order valence-electron chi connectivity index (χ4n) is 3.47. The summed E-state index contributed by atoms with van der Waals surface area (Å²) in [4.78, 5) is 0. The molecule has 0 saturated carbocycles. The van der Waals surface area contributed by atoms with Gasteiger partial charge in [-0.1, -0.05) is 37.6 Å². The van der Waals surface area contributed by atoms with Gasteiger partial charge in [-0.05, 0) is 82.0 Å². The fourth-order valence-corrected chi connectivity index (χ4v) is 4.13. The first-order valence-electron chi connectivity index (χ1n) is 6.73. The summed E-state index contributed by atoms with van der Waals surface area (Å²) < 4.78 is 1.28. The Morgan fingerprint density at radius 3 is 2.16 bits per heavy atom. The highest BCUT2D eigenvalue weighted by atomic mass is 127. The summed E-state index contributed by atoms with van der Waals surface area (Å²) in [5, 5.41) is 0.826. The minimum Gasteiger partial charge on any atom is -0.0843 e. The zero-order chi connectivity index (χ0) is 13.6. The Kier molecular flexibility index (Phi) is 3.38. The molecule has 0 fully saturated rings. The Bertz CT molecular complexity index is 588. The van der Waals surface area contributed by atoms with Crippen LogP contribution in [0.15, 0.2) is 36.4 Å². The van der Waals surface area contributed by atoms with E-state index in [2.05, 4.69) is 66.8 Å². The Labute approximate surface area is 133 Å². The van der Waals surface area contributed by atoms with Crippen molar-refractivity contribution in [1.29, 1.82) is 0 Å². The molecule has 1 aliphatic rings. The number of benzene rings is 2. The Morgan fingerprint density at radius 2 is 1.53 bits per heavy atom. The van der Waals surface area contributed by atoms with Gasteiger partial charge >= 0.3 is 0 Å². The third-order valence-electron chi connectivity index (χ3n) is 4.49. The molecule has 1 aliphatic carbocycles. The summed E-state index contributed by atoms with van der Waals surface area (Å²) in [5.74, 6) is 0. The molecule has 0 unspecified atom stereocenters. The van der Waals surface area contributed by atoms with E-state index in [4.69, 9.17) is 11.6 Å². The van der Waals surface area contributed by atoms with Crippen molar-refractivity contribution in [3.63, 3.8) is 0 Å². The van der Waals surface area contributed by atoms with Crippen LogP contribution in [0, 0.1) is 3.57 Å². The molecule has 0 radical (unpaired) electrons. The average Bonchev–Trinajstić information content (AvgIpc) is 2.68. The molecule has 0 atom stereocenters. The van der Waals surface area contributed by atoms with E-state index in [-0.39, 0.29) is 5.41 Å². The molecule has 98 valence electrons. The monoisotopic (exact) mass is 382 g/mol. The number of rotatable bonds is 2. The normalized spacial score (nSPS) is 15.2. The first-order valence-corrected chi connectivity index (χ1v) is 8.18. The van der Waals surface area contributed by atoms with E-state index in [1.165, 1.54) is 25.8 Å². The molecule has 0 aromatic heterocycles. The van der Waals surface area contributed by atoms with Gasteiger partial charge in [0.05, 0.1) is 0 Å². The van der Waals surface area contributed by atoms with Crippen LogP contribution in [0.25, 0.3) is 11.1 Å². The van der Waals surface area contributed by atoms with Crippen LogP contribution < -0.4 is 0 Å². The van der Waals surface area contributed by atoms with E-state index in [0.717, 1.165) is 17.9 Å². The summed E-state index contributed by atoms with van der Waals surface area (Å²) in [6.07, 6.45) is 2.26. The molecule has 2 aromatic carbocycles. The van der Waals surface area contributed by atoms with Gasteiger partial charge in [0.1, 0.15) is 0 Å². The third kappa shape index (κ3) is 1.85. The lowest BCUT2D eigenvalue weighted by Gasteiger charge is -2.29. The van der Waals surface area contributed by atoms with Gasteiger partial charge in [0.15, 0.2) is 0 Å². The maximum atomic E-state index is 6.21. The number of hydrogen-bond donors (Lipinski definition) is 0. The number of hydrogen-bond acceptors (Lipinski definition) is 0. The van der Waals surface area contributed by atoms with Gasteiger partial charge in [-0.3, -0.25) is 0 Å². The first kappa shape index (κ1) is 13.4. The first-order chi connectivity index (χ1) is 9.12. The molecule has 0 nitrogen and oxygen atoms in total. The molecule has 0 bridgehead atoms. The fraction of sp³-hybridized carbons (Fsp3) is 0.294. The van der Waals surface area contributed by atoms with Crippen molar-refractivity contribution in [3.05, 3.63) is 56.1 Å². The van der Waals surface area contributed by atoms with Crippen molar-refractivity contribution >= 4 is 34.2 Å². The molecule has 19 heavy (non-hydrogen) atoms. The summed E-state index contributed by atoms with van der Waals surface area (Å²) >= 11 is 8.59. The van der Waals surface area contributed by atoms with E-state index < -0.39 is 0 Å². The third-order valence-corrected chi connectivity index (χ3v) is 5.40. The van der Waals surface area contributed by atoms with E-state index in [0.29, 0.717) is 0 Å². The maximum Gasteiger partial charge on any atom is 0.0412 e. The van der Waals surface area contributed by atoms with Crippen LogP contribution in [0.1, 0.15) is 37.8 Å². The molecule has 0 spiro atoms. The van der Waals surface area contributed by atoms with E-state index in [1.54, 1.807) is 0 Å². The molecular formula is C17H16ClI. The largest absolute Gasteiger partial charge is 0.0843 e. The molecule has 2 aromatic rings. The predicted octanol–water partition coefficient (Wildman–Crippen LogP) is 6.03. The summed E-state index contributed by atoms with van der Waals surface area (Å²) in [6.45, 7) is 4.57.